The molecule has 0 aliphatic rings. The molecular weight excluding hydrogens is 330 g/mol. The molecule has 0 spiro atoms. The molecular formula is C17H20BrNO2. The first kappa shape index (κ1) is 17.4. The van der Waals surface area contributed by atoms with Crippen LogP contribution in [0.4, 0.5) is 0 Å². The van der Waals surface area contributed by atoms with Crippen LogP contribution in [0.2, 0.25) is 0 Å². The van der Waals surface area contributed by atoms with Crippen molar-refractivity contribution in [1.29, 1.82) is 0 Å². The van der Waals surface area contributed by atoms with Crippen molar-refractivity contribution in [3.8, 4) is 5.75 Å². The molecule has 0 saturated heterocycles. The third kappa shape index (κ3) is 6.10. The van der Waals surface area contributed by atoms with E-state index in [1.807, 2.05) is 42.5 Å². The quantitative estimate of drug-likeness (QED) is 0.486. The molecule has 0 unspecified atom stereocenters. The van der Waals surface area contributed by atoms with Gasteiger partial charge in [-0.1, -0.05) is 42.5 Å². The fourth-order valence-corrected chi connectivity index (χ4v) is 2.09. The summed E-state index contributed by atoms with van der Waals surface area (Å²) in [6.45, 7) is 1.43. The molecule has 3 N–H and O–H groups in total. The second-order valence-corrected chi connectivity index (χ2v) is 4.84. The number of aromatic hydroxyl groups is 1. The highest BCUT2D eigenvalue weighted by Crippen LogP contribution is 2.10. The molecule has 4 heteroatoms. The molecule has 0 aliphatic heterocycles. The molecule has 0 saturated carbocycles. The van der Waals surface area contributed by atoms with Crippen LogP contribution in [0.5, 0.6) is 5.75 Å². The van der Waals surface area contributed by atoms with Crippen molar-refractivity contribution in [2.75, 3.05) is 13.1 Å². The lowest BCUT2D eigenvalue weighted by atomic mass is 10.1. The summed E-state index contributed by atoms with van der Waals surface area (Å²) in [4.78, 5) is 11.9. The largest absolute Gasteiger partial charge is 1.00 e. The highest BCUT2D eigenvalue weighted by molar-refractivity contribution is 5.96. The van der Waals surface area contributed by atoms with Crippen molar-refractivity contribution in [3.05, 3.63) is 65.7 Å². The van der Waals surface area contributed by atoms with Gasteiger partial charge in [-0.05, 0) is 24.1 Å². The Morgan fingerprint density at radius 3 is 2.33 bits per heavy atom. The molecule has 2 aromatic carbocycles. The molecule has 0 aromatic heterocycles. The minimum Gasteiger partial charge on any atom is -1.00 e. The van der Waals surface area contributed by atoms with Crippen LogP contribution in [-0.4, -0.2) is 24.0 Å². The summed E-state index contributed by atoms with van der Waals surface area (Å²) >= 11 is 0. The van der Waals surface area contributed by atoms with E-state index < -0.39 is 0 Å². The molecule has 2 rings (SSSR count). The minimum atomic E-state index is 0. The second kappa shape index (κ2) is 9.32. The molecule has 0 atom stereocenters. The van der Waals surface area contributed by atoms with Crippen LogP contribution in [0, 0.1) is 0 Å². The Morgan fingerprint density at radius 1 is 1.00 bits per heavy atom. The van der Waals surface area contributed by atoms with E-state index in [-0.39, 0.29) is 22.8 Å². The molecule has 0 bridgehead atoms. The number of quaternary nitrogens is 1. The Bertz CT molecular complexity index is 540. The van der Waals surface area contributed by atoms with Gasteiger partial charge < -0.3 is 27.4 Å². The Balaban J connectivity index is 0.00000220. The number of hydrogen-bond donors (Lipinski definition) is 2. The van der Waals surface area contributed by atoms with Crippen molar-refractivity contribution in [1.82, 2.24) is 0 Å². The first-order valence-electron chi connectivity index (χ1n) is 6.93. The summed E-state index contributed by atoms with van der Waals surface area (Å²) in [5, 5.41) is 11.2. The summed E-state index contributed by atoms with van der Waals surface area (Å²) < 4.78 is 0. The SMILES string of the molecule is O=C(C[NH2+]CCCc1ccc(O)cc1)c1ccccc1.[Br-]. The van der Waals surface area contributed by atoms with Gasteiger partial charge in [0.05, 0.1) is 6.54 Å². The molecule has 112 valence electrons. The van der Waals surface area contributed by atoms with Crippen LogP contribution in [0.1, 0.15) is 22.3 Å². The molecule has 21 heavy (non-hydrogen) atoms. The van der Waals surface area contributed by atoms with E-state index in [0.29, 0.717) is 12.3 Å². The first-order valence-corrected chi connectivity index (χ1v) is 6.93. The van der Waals surface area contributed by atoms with Crippen LogP contribution >= 0.6 is 0 Å². The number of ketones is 1. The third-order valence-electron chi connectivity index (χ3n) is 3.24. The molecule has 0 heterocycles. The zero-order valence-corrected chi connectivity index (χ0v) is 13.4. The minimum absolute atomic E-state index is 0. The first-order chi connectivity index (χ1) is 9.75. The zero-order valence-electron chi connectivity index (χ0n) is 11.8. The maximum absolute atomic E-state index is 11.9. The number of benzene rings is 2. The highest BCUT2D eigenvalue weighted by Gasteiger charge is 2.06. The number of phenolic OH excluding ortho intramolecular Hbond substituents is 1. The Hall–Kier alpha value is -1.65. The maximum Gasteiger partial charge on any atom is 0.216 e. The normalized spacial score (nSPS) is 9.90. The van der Waals surface area contributed by atoms with E-state index in [0.717, 1.165) is 24.9 Å². The predicted molar refractivity (Wildman–Crippen MR) is 78.9 cm³/mol. The maximum atomic E-state index is 11.9. The second-order valence-electron chi connectivity index (χ2n) is 4.84. The van der Waals surface area contributed by atoms with Gasteiger partial charge in [0.25, 0.3) is 0 Å². The number of hydrogen-bond acceptors (Lipinski definition) is 2. The molecule has 0 amide bonds. The van der Waals surface area contributed by atoms with E-state index in [4.69, 9.17) is 0 Å². The summed E-state index contributed by atoms with van der Waals surface area (Å²) in [5.74, 6) is 0.476. The van der Waals surface area contributed by atoms with Crippen LogP contribution in [0.25, 0.3) is 0 Å². The third-order valence-corrected chi connectivity index (χ3v) is 3.24. The standard InChI is InChI=1S/C17H19NO2.BrH/c19-16-10-8-14(9-11-16)5-4-12-18-13-17(20)15-6-2-1-3-7-15;/h1-3,6-11,18-19H,4-5,12-13H2;1H. The molecule has 2 aromatic rings. The molecule has 0 aliphatic carbocycles. The van der Waals surface area contributed by atoms with E-state index in [1.54, 1.807) is 12.1 Å². The number of halogens is 1. The number of phenols is 1. The summed E-state index contributed by atoms with van der Waals surface area (Å²) in [7, 11) is 0. The lowest BCUT2D eigenvalue weighted by Gasteiger charge is -2.03. The molecule has 0 fully saturated rings. The topological polar surface area (TPSA) is 53.9 Å². The number of rotatable bonds is 7. The van der Waals surface area contributed by atoms with Gasteiger partial charge in [-0.2, -0.15) is 0 Å². The van der Waals surface area contributed by atoms with Gasteiger partial charge in [-0.25, -0.2) is 0 Å². The lowest BCUT2D eigenvalue weighted by molar-refractivity contribution is -0.643. The zero-order chi connectivity index (χ0) is 14.2. The van der Waals surface area contributed by atoms with Gasteiger partial charge in [0.2, 0.25) is 5.78 Å². The van der Waals surface area contributed by atoms with Crippen molar-refractivity contribution in [2.45, 2.75) is 12.8 Å². The van der Waals surface area contributed by atoms with Gasteiger partial charge in [0.1, 0.15) is 12.3 Å². The fourth-order valence-electron chi connectivity index (χ4n) is 2.09. The van der Waals surface area contributed by atoms with Crippen molar-refractivity contribution < 1.29 is 32.2 Å². The summed E-state index contributed by atoms with van der Waals surface area (Å²) in [5.41, 5.74) is 1.99. The predicted octanol–water partition coefficient (Wildman–Crippen LogP) is -1.22. The molecule has 0 radical (unpaired) electrons. The monoisotopic (exact) mass is 349 g/mol. The van der Waals surface area contributed by atoms with Gasteiger partial charge >= 0.3 is 0 Å². The van der Waals surface area contributed by atoms with Gasteiger partial charge in [-0.15, -0.1) is 0 Å². The van der Waals surface area contributed by atoms with Gasteiger partial charge in [0.15, 0.2) is 0 Å². The number of nitrogens with two attached hydrogens (primary N) is 1. The Kier molecular flexibility index (Phi) is 7.72. The fraction of sp³-hybridized carbons (Fsp3) is 0.235. The van der Waals surface area contributed by atoms with Crippen molar-refractivity contribution >= 4 is 5.78 Å². The van der Waals surface area contributed by atoms with Crippen molar-refractivity contribution in [3.63, 3.8) is 0 Å². The van der Waals surface area contributed by atoms with Crippen LogP contribution in [0.15, 0.2) is 54.6 Å². The number of Topliss-reactive ketones (excluding diaryl/α,β-unsaturated/α-hetero) is 1. The number of carbonyl (C=O) groups is 1. The van der Waals surface area contributed by atoms with Crippen molar-refractivity contribution in [2.24, 2.45) is 0 Å². The highest BCUT2D eigenvalue weighted by atomic mass is 79.9. The summed E-state index contributed by atoms with van der Waals surface area (Å²) in [6, 6.07) is 16.7. The van der Waals surface area contributed by atoms with Gasteiger partial charge in [-0.3, -0.25) is 4.79 Å². The van der Waals surface area contributed by atoms with E-state index in [1.165, 1.54) is 5.56 Å². The smallest absolute Gasteiger partial charge is 0.216 e. The average Bonchev–Trinajstić information content (AvgIpc) is 2.49. The van der Waals surface area contributed by atoms with Gasteiger partial charge in [0, 0.05) is 12.0 Å². The lowest BCUT2D eigenvalue weighted by Crippen LogP contribution is -3.00. The number of aryl methyl sites for hydroxylation is 1. The molecule has 3 nitrogen and oxygen atoms in total. The Morgan fingerprint density at radius 2 is 1.67 bits per heavy atom. The Labute approximate surface area is 135 Å². The van der Waals surface area contributed by atoms with E-state index in [9.17, 15) is 9.90 Å². The number of carbonyl (C=O) groups excluding carboxylic acids is 1. The van der Waals surface area contributed by atoms with Crippen LogP contribution < -0.4 is 22.3 Å². The van der Waals surface area contributed by atoms with E-state index in [2.05, 4.69) is 5.32 Å². The van der Waals surface area contributed by atoms with Crippen LogP contribution in [-0.2, 0) is 6.42 Å². The average molecular weight is 350 g/mol. The van der Waals surface area contributed by atoms with Crippen LogP contribution in [0.3, 0.4) is 0 Å². The summed E-state index contributed by atoms with van der Waals surface area (Å²) in [6.07, 6.45) is 1.99. The van der Waals surface area contributed by atoms with E-state index >= 15 is 0 Å².